The van der Waals surface area contributed by atoms with Crippen LogP contribution in [0.1, 0.15) is 39.5 Å². The molecule has 1 aromatic heterocycles. The van der Waals surface area contributed by atoms with Gasteiger partial charge in [-0.1, -0.05) is 0 Å². The fourth-order valence-corrected chi connectivity index (χ4v) is 3.47. The van der Waals surface area contributed by atoms with E-state index in [9.17, 15) is 0 Å². The second-order valence-electron chi connectivity index (χ2n) is 6.43. The summed E-state index contributed by atoms with van der Waals surface area (Å²) in [6.45, 7) is 7.40. The van der Waals surface area contributed by atoms with E-state index in [1.54, 1.807) is 6.33 Å². The van der Waals surface area contributed by atoms with Gasteiger partial charge in [-0.2, -0.15) is 0 Å². The molecule has 0 bridgehead atoms. The molecule has 0 spiro atoms. The monoisotopic (exact) mass is 290 g/mol. The topological polar surface area (TPSA) is 50.3 Å². The predicted molar refractivity (Wildman–Crippen MR) is 83.8 cm³/mol. The van der Waals surface area contributed by atoms with Crippen molar-refractivity contribution in [2.24, 2.45) is 5.92 Å². The molecule has 0 aromatic carbocycles. The molecule has 2 unspecified atom stereocenters. The van der Waals surface area contributed by atoms with Crippen LogP contribution in [0.5, 0.6) is 5.88 Å². The van der Waals surface area contributed by atoms with Gasteiger partial charge in [-0.05, 0) is 52.0 Å². The Morgan fingerprint density at radius 3 is 2.95 bits per heavy atom. The first-order valence-electron chi connectivity index (χ1n) is 8.19. The molecule has 2 aliphatic rings. The summed E-state index contributed by atoms with van der Waals surface area (Å²) in [5.41, 5.74) is 0. The van der Waals surface area contributed by atoms with Gasteiger partial charge in [-0.25, -0.2) is 9.97 Å². The zero-order valence-corrected chi connectivity index (χ0v) is 13.1. The molecule has 1 aromatic rings. The van der Waals surface area contributed by atoms with E-state index in [1.807, 2.05) is 19.9 Å². The largest absolute Gasteiger partial charge is 0.475 e. The zero-order chi connectivity index (χ0) is 14.7. The maximum Gasteiger partial charge on any atom is 0.218 e. The highest BCUT2D eigenvalue weighted by Gasteiger charge is 2.29. The van der Waals surface area contributed by atoms with Crippen LogP contribution in [-0.2, 0) is 0 Å². The second-order valence-corrected chi connectivity index (χ2v) is 6.43. The molecule has 2 saturated heterocycles. The van der Waals surface area contributed by atoms with Crippen LogP contribution in [0.3, 0.4) is 0 Å². The molecule has 3 heterocycles. The molecule has 2 atom stereocenters. The summed E-state index contributed by atoms with van der Waals surface area (Å²) in [5.74, 6) is 2.42. The van der Waals surface area contributed by atoms with Crippen LogP contribution < -0.4 is 15.0 Å². The minimum atomic E-state index is 0.143. The Balaban J connectivity index is 1.67. The Bertz CT molecular complexity index is 459. The molecule has 5 nitrogen and oxygen atoms in total. The van der Waals surface area contributed by atoms with Crippen LogP contribution in [0.2, 0.25) is 0 Å². The third-order valence-corrected chi connectivity index (χ3v) is 4.43. The average molecular weight is 290 g/mol. The summed E-state index contributed by atoms with van der Waals surface area (Å²) in [6, 6.07) is 2.67. The third-order valence-electron chi connectivity index (χ3n) is 4.43. The number of ether oxygens (including phenoxy) is 1. The average Bonchev–Trinajstić information content (AvgIpc) is 3.01. The lowest BCUT2D eigenvalue weighted by Gasteiger charge is -2.36. The molecule has 0 radical (unpaired) electrons. The van der Waals surface area contributed by atoms with Crippen molar-refractivity contribution < 1.29 is 4.74 Å². The fraction of sp³-hybridized carbons (Fsp3) is 0.750. The van der Waals surface area contributed by atoms with Crippen LogP contribution in [0.4, 0.5) is 5.82 Å². The summed E-state index contributed by atoms with van der Waals surface area (Å²) in [6.07, 6.45) is 6.97. The molecule has 116 valence electrons. The van der Waals surface area contributed by atoms with Crippen molar-refractivity contribution in [2.75, 3.05) is 24.5 Å². The number of rotatable bonds is 4. The van der Waals surface area contributed by atoms with E-state index in [-0.39, 0.29) is 6.10 Å². The summed E-state index contributed by atoms with van der Waals surface area (Å²) in [7, 11) is 0. The number of hydrogen-bond acceptors (Lipinski definition) is 5. The van der Waals surface area contributed by atoms with Crippen LogP contribution >= 0.6 is 0 Å². The lowest BCUT2D eigenvalue weighted by molar-refractivity contribution is 0.232. The van der Waals surface area contributed by atoms with E-state index < -0.39 is 0 Å². The van der Waals surface area contributed by atoms with E-state index in [4.69, 9.17) is 4.74 Å². The number of anilines is 1. The summed E-state index contributed by atoms with van der Waals surface area (Å²) < 4.78 is 5.68. The van der Waals surface area contributed by atoms with Gasteiger partial charge in [-0.3, -0.25) is 0 Å². The Kier molecular flexibility index (Phi) is 4.58. The Morgan fingerprint density at radius 1 is 1.29 bits per heavy atom. The van der Waals surface area contributed by atoms with Crippen LogP contribution in [0, 0.1) is 5.92 Å². The molecular formula is C16H26N4O. The van der Waals surface area contributed by atoms with Crippen LogP contribution in [0.15, 0.2) is 12.4 Å². The van der Waals surface area contributed by atoms with Crippen molar-refractivity contribution in [3.8, 4) is 5.88 Å². The van der Waals surface area contributed by atoms with Crippen molar-refractivity contribution in [3.63, 3.8) is 0 Å². The Hall–Kier alpha value is -1.36. The normalized spacial score (nSPS) is 26.3. The van der Waals surface area contributed by atoms with E-state index >= 15 is 0 Å². The minimum absolute atomic E-state index is 0.143. The molecule has 0 aliphatic carbocycles. The fourth-order valence-electron chi connectivity index (χ4n) is 3.47. The van der Waals surface area contributed by atoms with Gasteiger partial charge < -0.3 is 15.0 Å². The molecule has 3 rings (SSSR count). The summed E-state index contributed by atoms with van der Waals surface area (Å²) >= 11 is 0. The van der Waals surface area contributed by atoms with Gasteiger partial charge in [-0.15, -0.1) is 0 Å². The molecule has 2 aliphatic heterocycles. The SMILES string of the molecule is CC(C)Oc1cc(N2CCCC(C3CCCN3)C2)ncn1. The van der Waals surface area contributed by atoms with Gasteiger partial charge in [0.05, 0.1) is 6.10 Å². The van der Waals surface area contributed by atoms with Gasteiger partial charge >= 0.3 is 0 Å². The minimum Gasteiger partial charge on any atom is -0.475 e. The third kappa shape index (κ3) is 3.64. The summed E-state index contributed by atoms with van der Waals surface area (Å²) in [4.78, 5) is 11.0. The van der Waals surface area contributed by atoms with Gasteiger partial charge in [0.15, 0.2) is 0 Å². The van der Waals surface area contributed by atoms with Gasteiger partial charge in [0, 0.05) is 25.2 Å². The molecule has 0 saturated carbocycles. The zero-order valence-electron chi connectivity index (χ0n) is 13.1. The lowest BCUT2D eigenvalue weighted by atomic mass is 9.90. The van der Waals surface area contributed by atoms with E-state index in [0.717, 1.165) is 24.8 Å². The van der Waals surface area contributed by atoms with Crippen molar-refractivity contribution in [1.82, 2.24) is 15.3 Å². The molecule has 1 N–H and O–H groups in total. The Morgan fingerprint density at radius 2 is 2.19 bits per heavy atom. The number of nitrogens with zero attached hydrogens (tertiary/aromatic N) is 3. The maximum atomic E-state index is 5.68. The predicted octanol–water partition coefficient (Wildman–Crippen LogP) is 2.23. The lowest BCUT2D eigenvalue weighted by Crippen LogP contribution is -2.43. The number of hydrogen-bond donors (Lipinski definition) is 1. The van der Waals surface area contributed by atoms with Crippen molar-refractivity contribution >= 4 is 5.82 Å². The Labute approximate surface area is 127 Å². The number of piperidine rings is 1. The van der Waals surface area contributed by atoms with Gasteiger partial charge in [0.25, 0.3) is 0 Å². The highest BCUT2D eigenvalue weighted by atomic mass is 16.5. The van der Waals surface area contributed by atoms with E-state index in [2.05, 4.69) is 20.2 Å². The van der Waals surface area contributed by atoms with Crippen molar-refractivity contribution in [1.29, 1.82) is 0 Å². The molecule has 5 heteroatoms. The van der Waals surface area contributed by atoms with Crippen molar-refractivity contribution in [2.45, 2.75) is 51.7 Å². The molecule has 2 fully saturated rings. The van der Waals surface area contributed by atoms with Crippen molar-refractivity contribution in [3.05, 3.63) is 12.4 Å². The van der Waals surface area contributed by atoms with Gasteiger partial charge in [0.2, 0.25) is 5.88 Å². The molecule has 21 heavy (non-hydrogen) atoms. The standard InChI is InChI=1S/C16H26N4O/c1-12(2)21-16-9-15(18-11-19-16)20-8-4-5-13(10-20)14-6-3-7-17-14/h9,11-14,17H,3-8,10H2,1-2H3. The molecule has 0 amide bonds. The summed E-state index contributed by atoms with van der Waals surface area (Å²) in [5, 5.41) is 3.65. The molecular weight excluding hydrogens is 264 g/mol. The van der Waals surface area contributed by atoms with Crippen LogP contribution in [-0.4, -0.2) is 41.7 Å². The van der Waals surface area contributed by atoms with Crippen LogP contribution in [0.25, 0.3) is 0 Å². The smallest absolute Gasteiger partial charge is 0.218 e. The second kappa shape index (κ2) is 6.60. The first-order valence-corrected chi connectivity index (χ1v) is 8.19. The van der Waals surface area contributed by atoms with E-state index in [1.165, 1.54) is 32.2 Å². The maximum absolute atomic E-state index is 5.68. The number of nitrogens with one attached hydrogen (secondary N) is 1. The number of aromatic nitrogens is 2. The highest BCUT2D eigenvalue weighted by molar-refractivity contribution is 5.41. The first kappa shape index (κ1) is 14.6. The first-order chi connectivity index (χ1) is 10.2. The highest BCUT2D eigenvalue weighted by Crippen LogP contribution is 2.28. The van der Waals surface area contributed by atoms with E-state index in [0.29, 0.717) is 11.9 Å². The van der Waals surface area contributed by atoms with Gasteiger partial charge in [0.1, 0.15) is 12.1 Å². The quantitative estimate of drug-likeness (QED) is 0.921.